The number of hydrogen-bond donors (Lipinski definition) is 1. The van der Waals surface area contributed by atoms with Crippen LogP contribution in [-0.4, -0.2) is 68.5 Å². The average Bonchev–Trinajstić information content (AvgIpc) is 3.09. The standard InChI is InChI=1S/C14H20N8O/c1-2-16-12-3-4-13(19-18-12)20-5-7-21(8-6-20)14(23)9-22-11-15-10-17-22/h3-4,10-11H,2,5-9H2,1H3,(H,16,18). The molecule has 0 bridgehead atoms. The highest BCUT2D eigenvalue weighted by Crippen LogP contribution is 2.14. The van der Waals surface area contributed by atoms with Gasteiger partial charge < -0.3 is 15.1 Å². The lowest BCUT2D eigenvalue weighted by atomic mass is 10.3. The van der Waals surface area contributed by atoms with E-state index in [2.05, 4.69) is 30.5 Å². The Bertz CT molecular complexity index is 619. The first-order chi connectivity index (χ1) is 11.3. The predicted octanol–water partition coefficient (Wildman–Crippen LogP) is -0.151. The van der Waals surface area contributed by atoms with Gasteiger partial charge in [-0.2, -0.15) is 5.10 Å². The van der Waals surface area contributed by atoms with Gasteiger partial charge in [0, 0.05) is 32.7 Å². The van der Waals surface area contributed by atoms with Gasteiger partial charge in [0.15, 0.2) is 5.82 Å². The maximum absolute atomic E-state index is 12.2. The van der Waals surface area contributed by atoms with Crippen LogP contribution in [0.1, 0.15) is 6.92 Å². The summed E-state index contributed by atoms with van der Waals surface area (Å²) in [7, 11) is 0. The minimum atomic E-state index is 0.0590. The van der Waals surface area contributed by atoms with Crippen LogP contribution in [0, 0.1) is 0 Å². The van der Waals surface area contributed by atoms with Gasteiger partial charge in [0.05, 0.1) is 0 Å². The van der Waals surface area contributed by atoms with E-state index in [9.17, 15) is 4.79 Å². The number of nitrogens with zero attached hydrogens (tertiary/aromatic N) is 7. The minimum absolute atomic E-state index is 0.0590. The van der Waals surface area contributed by atoms with Crippen molar-refractivity contribution in [2.45, 2.75) is 13.5 Å². The predicted molar refractivity (Wildman–Crippen MR) is 85.0 cm³/mol. The molecule has 3 rings (SSSR count). The quantitative estimate of drug-likeness (QED) is 0.820. The normalized spacial score (nSPS) is 14.8. The molecule has 0 atom stereocenters. The van der Waals surface area contributed by atoms with Crippen molar-refractivity contribution in [3.63, 3.8) is 0 Å². The van der Waals surface area contributed by atoms with E-state index in [1.165, 1.54) is 6.33 Å². The fraction of sp³-hybridized carbons (Fsp3) is 0.500. The smallest absolute Gasteiger partial charge is 0.244 e. The maximum Gasteiger partial charge on any atom is 0.244 e. The van der Waals surface area contributed by atoms with Gasteiger partial charge >= 0.3 is 0 Å². The molecule has 0 aromatic carbocycles. The second-order valence-electron chi connectivity index (χ2n) is 5.27. The molecule has 9 heteroatoms. The second-order valence-corrected chi connectivity index (χ2v) is 5.27. The molecule has 1 fully saturated rings. The Balaban J connectivity index is 1.52. The summed E-state index contributed by atoms with van der Waals surface area (Å²) in [6.07, 6.45) is 2.98. The van der Waals surface area contributed by atoms with Gasteiger partial charge in [-0.3, -0.25) is 4.79 Å². The summed E-state index contributed by atoms with van der Waals surface area (Å²) in [4.78, 5) is 20.0. The van der Waals surface area contributed by atoms with Crippen molar-refractivity contribution >= 4 is 17.5 Å². The minimum Gasteiger partial charge on any atom is -0.369 e. The summed E-state index contributed by atoms with van der Waals surface area (Å²) in [5.41, 5.74) is 0. The largest absolute Gasteiger partial charge is 0.369 e. The van der Waals surface area contributed by atoms with E-state index in [0.717, 1.165) is 31.3 Å². The van der Waals surface area contributed by atoms with Crippen LogP contribution in [-0.2, 0) is 11.3 Å². The molecule has 9 nitrogen and oxygen atoms in total. The molecular weight excluding hydrogens is 296 g/mol. The number of rotatable bonds is 5. The zero-order valence-corrected chi connectivity index (χ0v) is 13.1. The van der Waals surface area contributed by atoms with E-state index in [1.807, 2.05) is 24.0 Å². The first kappa shape index (κ1) is 15.2. The van der Waals surface area contributed by atoms with E-state index < -0.39 is 0 Å². The van der Waals surface area contributed by atoms with Crippen LogP contribution in [0.2, 0.25) is 0 Å². The van der Waals surface area contributed by atoms with Gasteiger partial charge in [-0.05, 0) is 19.1 Å². The summed E-state index contributed by atoms with van der Waals surface area (Å²) in [6, 6.07) is 3.88. The molecule has 0 unspecified atom stereocenters. The van der Waals surface area contributed by atoms with Gasteiger partial charge in [0.25, 0.3) is 0 Å². The number of nitrogens with one attached hydrogen (secondary N) is 1. The summed E-state index contributed by atoms with van der Waals surface area (Å²) in [6.45, 7) is 5.91. The van der Waals surface area contributed by atoms with Crippen molar-refractivity contribution in [2.24, 2.45) is 0 Å². The SMILES string of the molecule is CCNc1ccc(N2CCN(C(=O)Cn3cncn3)CC2)nn1. The lowest BCUT2D eigenvalue weighted by molar-refractivity contribution is -0.132. The molecular formula is C14H20N8O. The van der Waals surface area contributed by atoms with Crippen LogP contribution in [0.3, 0.4) is 0 Å². The van der Waals surface area contributed by atoms with Crippen molar-refractivity contribution in [3.05, 3.63) is 24.8 Å². The Morgan fingerprint density at radius 3 is 2.65 bits per heavy atom. The number of amides is 1. The van der Waals surface area contributed by atoms with E-state index in [1.54, 1.807) is 11.0 Å². The third kappa shape index (κ3) is 3.74. The molecule has 0 radical (unpaired) electrons. The van der Waals surface area contributed by atoms with Crippen LogP contribution in [0.25, 0.3) is 0 Å². The zero-order valence-electron chi connectivity index (χ0n) is 13.1. The Hall–Kier alpha value is -2.71. The second kappa shape index (κ2) is 7.03. The molecule has 0 spiro atoms. The highest BCUT2D eigenvalue weighted by Gasteiger charge is 2.22. The fourth-order valence-electron chi connectivity index (χ4n) is 2.51. The number of carbonyl (C=O) groups is 1. The van der Waals surface area contributed by atoms with Crippen molar-refractivity contribution in [3.8, 4) is 0 Å². The lowest BCUT2D eigenvalue weighted by Crippen LogP contribution is -2.49. The monoisotopic (exact) mass is 316 g/mol. The third-order valence-electron chi connectivity index (χ3n) is 3.73. The van der Waals surface area contributed by atoms with Crippen molar-refractivity contribution in [1.82, 2.24) is 29.9 Å². The van der Waals surface area contributed by atoms with Gasteiger partial charge in [-0.15, -0.1) is 10.2 Å². The van der Waals surface area contributed by atoms with Crippen LogP contribution < -0.4 is 10.2 Å². The topological polar surface area (TPSA) is 92.1 Å². The molecule has 2 aromatic rings. The van der Waals surface area contributed by atoms with Crippen LogP contribution in [0.5, 0.6) is 0 Å². The average molecular weight is 316 g/mol. The summed E-state index contributed by atoms with van der Waals surface area (Å²) < 4.78 is 1.54. The molecule has 122 valence electrons. The van der Waals surface area contributed by atoms with E-state index in [4.69, 9.17) is 0 Å². The van der Waals surface area contributed by atoms with Gasteiger partial charge in [-0.1, -0.05) is 0 Å². The molecule has 2 aromatic heterocycles. The Kier molecular flexibility index (Phi) is 4.65. The van der Waals surface area contributed by atoms with E-state index in [0.29, 0.717) is 13.1 Å². The first-order valence-corrected chi connectivity index (χ1v) is 7.69. The number of piperazine rings is 1. The summed E-state index contributed by atoms with van der Waals surface area (Å²) in [5, 5.41) is 15.5. The van der Waals surface area contributed by atoms with Crippen LogP contribution in [0.15, 0.2) is 24.8 Å². The van der Waals surface area contributed by atoms with Gasteiger partial charge in [0.2, 0.25) is 5.91 Å². The molecule has 1 N–H and O–H groups in total. The summed E-state index contributed by atoms with van der Waals surface area (Å²) in [5.74, 6) is 1.68. The lowest BCUT2D eigenvalue weighted by Gasteiger charge is -2.35. The molecule has 1 amide bonds. The molecule has 1 aliphatic heterocycles. The van der Waals surface area contributed by atoms with E-state index >= 15 is 0 Å². The van der Waals surface area contributed by atoms with Crippen LogP contribution in [0.4, 0.5) is 11.6 Å². The first-order valence-electron chi connectivity index (χ1n) is 7.69. The number of aromatic nitrogens is 5. The zero-order chi connectivity index (χ0) is 16.1. The van der Waals surface area contributed by atoms with Crippen molar-refractivity contribution < 1.29 is 4.79 Å². The molecule has 23 heavy (non-hydrogen) atoms. The Labute approximate surface area is 134 Å². The van der Waals surface area contributed by atoms with Crippen LogP contribution >= 0.6 is 0 Å². The van der Waals surface area contributed by atoms with Gasteiger partial charge in [0.1, 0.15) is 25.0 Å². The van der Waals surface area contributed by atoms with Crippen molar-refractivity contribution in [2.75, 3.05) is 42.9 Å². The molecule has 0 aliphatic carbocycles. The highest BCUT2D eigenvalue weighted by atomic mass is 16.2. The fourth-order valence-corrected chi connectivity index (χ4v) is 2.51. The van der Waals surface area contributed by atoms with E-state index in [-0.39, 0.29) is 12.5 Å². The van der Waals surface area contributed by atoms with Gasteiger partial charge in [-0.25, -0.2) is 9.67 Å². The Morgan fingerprint density at radius 1 is 1.22 bits per heavy atom. The van der Waals surface area contributed by atoms with Crippen molar-refractivity contribution in [1.29, 1.82) is 0 Å². The maximum atomic E-state index is 12.2. The molecule has 3 heterocycles. The molecule has 0 saturated carbocycles. The number of anilines is 2. The third-order valence-corrected chi connectivity index (χ3v) is 3.73. The molecule has 1 saturated heterocycles. The molecule has 1 aliphatic rings. The highest BCUT2D eigenvalue weighted by molar-refractivity contribution is 5.76. The number of carbonyl (C=O) groups excluding carboxylic acids is 1. The Morgan fingerprint density at radius 2 is 2.04 bits per heavy atom. The summed E-state index contributed by atoms with van der Waals surface area (Å²) >= 11 is 0. The number of hydrogen-bond acceptors (Lipinski definition) is 7.